The second-order valence-corrected chi connectivity index (χ2v) is 12.7. The third-order valence-corrected chi connectivity index (χ3v) is 9.51. The predicted octanol–water partition coefficient (Wildman–Crippen LogP) is 3.20. The molecular weight excluding hydrogens is 693 g/mol. The molecule has 17 nitrogen and oxygen atoms in total. The molecular formula is C31H38N8O9S2. The van der Waals surface area contributed by atoms with Crippen LogP contribution in [0.2, 0.25) is 0 Å². The molecule has 2 aliphatic heterocycles. The van der Waals surface area contributed by atoms with Crippen LogP contribution in [0.15, 0.2) is 33.8 Å². The second kappa shape index (κ2) is 17.4. The van der Waals surface area contributed by atoms with Gasteiger partial charge in [0, 0.05) is 13.1 Å². The van der Waals surface area contributed by atoms with Crippen molar-refractivity contribution in [2.75, 3.05) is 37.4 Å². The molecule has 0 saturated carbocycles. The van der Waals surface area contributed by atoms with Gasteiger partial charge in [-0.3, -0.25) is 14.9 Å². The van der Waals surface area contributed by atoms with Crippen LogP contribution < -0.4 is 32.7 Å². The van der Waals surface area contributed by atoms with Crippen molar-refractivity contribution in [3.63, 3.8) is 0 Å². The molecule has 2 aliphatic rings. The summed E-state index contributed by atoms with van der Waals surface area (Å²) in [6, 6.07) is -1.40. The number of nitrogens with zero attached hydrogens (tertiary/aromatic N) is 2. The largest absolute Gasteiger partial charge is 0.462 e. The van der Waals surface area contributed by atoms with Crippen molar-refractivity contribution in [3.05, 3.63) is 47.2 Å². The molecule has 6 rings (SSSR count). The molecule has 50 heavy (non-hydrogen) atoms. The van der Waals surface area contributed by atoms with E-state index in [-0.39, 0.29) is 30.0 Å². The third kappa shape index (κ3) is 9.04. The highest BCUT2D eigenvalue weighted by Crippen LogP contribution is 2.40. The van der Waals surface area contributed by atoms with Gasteiger partial charge in [0.25, 0.3) is 0 Å². The number of hydrogen-bond donors (Lipinski definition) is 6. The molecule has 6 heterocycles. The number of anilines is 2. The minimum absolute atomic E-state index is 0.0139. The Morgan fingerprint density at radius 2 is 1.42 bits per heavy atom. The number of hydrogen-bond acceptors (Lipinski definition) is 15. The zero-order valence-corrected chi connectivity index (χ0v) is 29.4. The first-order valence-corrected chi connectivity index (χ1v) is 17.1. The van der Waals surface area contributed by atoms with Gasteiger partial charge in [0.05, 0.1) is 52.5 Å². The molecule has 0 spiro atoms. The van der Waals surface area contributed by atoms with E-state index in [1.54, 1.807) is 33.9 Å². The van der Waals surface area contributed by atoms with E-state index in [9.17, 15) is 24.0 Å². The minimum Gasteiger partial charge on any atom is -0.462 e. The van der Waals surface area contributed by atoms with E-state index in [2.05, 4.69) is 31.2 Å². The van der Waals surface area contributed by atoms with E-state index < -0.39 is 24.0 Å². The molecule has 2 saturated heterocycles. The summed E-state index contributed by atoms with van der Waals surface area (Å²) < 4.78 is 20.6. The van der Waals surface area contributed by atoms with Crippen LogP contribution in [0.1, 0.15) is 58.5 Å². The molecule has 4 aromatic rings. The first kappa shape index (κ1) is 37.5. The number of carbonyl (C=O) groups is 5. The van der Waals surface area contributed by atoms with Crippen LogP contribution in [0.4, 0.5) is 14.8 Å². The summed E-state index contributed by atoms with van der Waals surface area (Å²) in [7, 11) is 0. The number of nitrogen functional groups attached to an aromatic ring is 1. The number of urea groups is 1. The summed E-state index contributed by atoms with van der Waals surface area (Å²) in [6.45, 7) is 8.79. The average Bonchev–Trinajstić information content (AvgIpc) is 3.93. The molecule has 8 N–H and O–H groups in total. The molecule has 268 valence electrons. The van der Waals surface area contributed by atoms with Gasteiger partial charge in [0.1, 0.15) is 28.6 Å². The van der Waals surface area contributed by atoms with Crippen molar-refractivity contribution in [1.29, 1.82) is 0 Å². The number of esters is 2. The maximum Gasteiger partial charge on any atom is 0.341 e. The van der Waals surface area contributed by atoms with E-state index in [0.717, 1.165) is 34.7 Å². The molecule has 0 bridgehead atoms. The lowest BCUT2D eigenvalue weighted by Crippen LogP contribution is -2.42. The van der Waals surface area contributed by atoms with E-state index in [0.29, 0.717) is 57.4 Å². The van der Waals surface area contributed by atoms with Gasteiger partial charge < -0.3 is 45.7 Å². The highest BCUT2D eigenvalue weighted by molar-refractivity contribution is 7.20. The van der Waals surface area contributed by atoms with Crippen LogP contribution in [0.25, 0.3) is 21.5 Å². The van der Waals surface area contributed by atoms with Crippen molar-refractivity contribution in [2.45, 2.75) is 52.6 Å². The van der Waals surface area contributed by atoms with E-state index in [4.69, 9.17) is 29.8 Å². The highest BCUT2D eigenvalue weighted by Gasteiger charge is 2.29. The zero-order valence-electron chi connectivity index (χ0n) is 27.7. The van der Waals surface area contributed by atoms with Gasteiger partial charge in [-0.2, -0.15) is 0 Å². The van der Waals surface area contributed by atoms with Gasteiger partial charge in [-0.15, -0.1) is 22.7 Å². The fourth-order valence-electron chi connectivity index (χ4n) is 4.76. The molecule has 4 aromatic heterocycles. The molecule has 2 fully saturated rings. The van der Waals surface area contributed by atoms with Crippen LogP contribution in [-0.2, 0) is 19.1 Å². The maximum absolute atomic E-state index is 12.3. The molecule has 4 amide bonds. The van der Waals surface area contributed by atoms with Gasteiger partial charge in [-0.05, 0) is 51.7 Å². The summed E-state index contributed by atoms with van der Waals surface area (Å²) in [4.78, 5) is 67.8. The van der Waals surface area contributed by atoms with Crippen molar-refractivity contribution in [1.82, 2.24) is 25.9 Å². The van der Waals surface area contributed by atoms with Crippen LogP contribution >= 0.6 is 22.7 Å². The number of aromatic nitrogens is 2. The standard InChI is InChI=1S/C16H18N4O5S.C11H12N2O3S.C4H8N2O/c1-3-24-15(22)10-8(2)11(13-18-6-7-25-13)26-14(10)20-16(23)19-9-4-5-17-12(9)21;1-3-15-11(14)7-6(2)8(17-9(7)12)10-13-4-5-16-10;5-3-1-2-6-4(3)7/h6-7,9H,3-5H2,1-2H3,(H,17,21)(H2,19,20,23);4-5H,3,12H2,1-2H3;3H,1-2,5H2,(H,6,7)/t9-;;3-/m0.0/s1. The summed E-state index contributed by atoms with van der Waals surface area (Å²) in [5.41, 5.74) is 13.1. The minimum atomic E-state index is -0.590. The number of oxazole rings is 2. The Hall–Kier alpha value is -5.27. The number of carbonyl (C=O) groups excluding carboxylic acids is 5. The average molecular weight is 731 g/mol. The normalized spacial score (nSPS) is 16.3. The fourth-order valence-corrected chi connectivity index (χ4v) is 6.90. The zero-order chi connectivity index (χ0) is 36.4. The van der Waals surface area contributed by atoms with Crippen molar-refractivity contribution < 1.29 is 42.3 Å². The molecule has 0 aromatic carbocycles. The molecule has 2 atom stereocenters. The molecule has 0 aliphatic carbocycles. The Labute approximate surface area is 294 Å². The van der Waals surface area contributed by atoms with E-state index in [1.807, 2.05) is 0 Å². The van der Waals surface area contributed by atoms with Crippen molar-refractivity contribution >= 4 is 62.5 Å². The lowest BCUT2D eigenvalue weighted by molar-refractivity contribution is -0.121. The number of nitrogens with two attached hydrogens (primary N) is 2. The number of thiophene rings is 2. The van der Waals surface area contributed by atoms with E-state index >= 15 is 0 Å². The Morgan fingerprint density at radius 3 is 1.88 bits per heavy atom. The lowest BCUT2D eigenvalue weighted by Gasteiger charge is -2.11. The highest BCUT2D eigenvalue weighted by atomic mass is 32.1. The van der Waals surface area contributed by atoms with Crippen LogP contribution in [0, 0.1) is 13.8 Å². The summed E-state index contributed by atoms with van der Waals surface area (Å²) in [5, 5.41) is 11.2. The summed E-state index contributed by atoms with van der Waals surface area (Å²) in [5.74, 6) is -0.380. The summed E-state index contributed by atoms with van der Waals surface area (Å²) >= 11 is 2.43. The smallest absolute Gasteiger partial charge is 0.341 e. The van der Waals surface area contributed by atoms with Crippen molar-refractivity contribution in [2.24, 2.45) is 5.73 Å². The Kier molecular flexibility index (Phi) is 13.1. The van der Waals surface area contributed by atoms with Gasteiger partial charge in [-0.25, -0.2) is 24.4 Å². The summed E-state index contributed by atoms with van der Waals surface area (Å²) in [6.07, 6.45) is 7.26. The van der Waals surface area contributed by atoms with Gasteiger partial charge in [0.2, 0.25) is 23.6 Å². The van der Waals surface area contributed by atoms with Gasteiger partial charge >= 0.3 is 18.0 Å². The predicted molar refractivity (Wildman–Crippen MR) is 185 cm³/mol. The van der Waals surface area contributed by atoms with Crippen LogP contribution in [-0.4, -0.2) is 78.1 Å². The maximum atomic E-state index is 12.3. The molecule has 0 unspecified atom stereocenters. The SMILES string of the molecule is CCOC(=O)c1c(N)sc(-c2ncco2)c1C.CCOC(=O)c1c(NC(=O)N[C@H]2CCNC2=O)sc(-c2ncco2)c1C.N[C@H]1CCNC1=O. The van der Waals surface area contributed by atoms with Crippen molar-refractivity contribution in [3.8, 4) is 21.5 Å². The molecule has 0 radical (unpaired) electrons. The van der Waals surface area contributed by atoms with Crippen LogP contribution in [0.3, 0.4) is 0 Å². The fraction of sp³-hybridized carbons (Fsp3) is 0.387. The monoisotopic (exact) mass is 730 g/mol. The molecule has 19 heteroatoms. The second-order valence-electron chi connectivity index (χ2n) is 10.6. The lowest BCUT2D eigenvalue weighted by atomic mass is 10.1. The topological polar surface area (TPSA) is 256 Å². The number of ether oxygens (including phenoxy) is 2. The Morgan fingerprint density at radius 1 is 0.880 bits per heavy atom. The Balaban J connectivity index is 0.000000199. The number of rotatable bonds is 8. The van der Waals surface area contributed by atoms with Crippen LogP contribution in [0.5, 0.6) is 0 Å². The first-order valence-electron chi connectivity index (χ1n) is 15.5. The first-order chi connectivity index (χ1) is 24.0. The van der Waals surface area contributed by atoms with Gasteiger partial charge in [-0.1, -0.05) is 0 Å². The quantitative estimate of drug-likeness (QED) is 0.143. The number of amides is 4. The van der Waals surface area contributed by atoms with Gasteiger partial charge in [0.15, 0.2) is 0 Å². The number of nitrogens with one attached hydrogen (secondary N) is 4. The van der Waals surface area contributed by atoms with E-state index in [1.165, 1.54) is 30.1 Å². The third-order valence-electron chi connectivity index (χ3n) is 7.21. The Bertz CT molecular complexity index is 1800.